The van der Waals surface area contributed by atoms with Crippen molar-refractivity contribution in [3.63, 3.8) is 0 Å². The summed E-state index contributed by atoms with van der Waals surface area (Å²) in [4.78, 5) is 0.822. The monoisotopic (exact) mass is 317 g/mol. The fraction of sp³-hybridized carbons (Fsp3) is 0.600. The highest BCUT2D eigenvalue weighted by molar-refractivity contribution is 7.90. The van der Waals surface area contributed by atoms with Crippen molar-refractivity contribution in [1.82, 2.24) is 0 Å². The summed E-state index contributed by atoms with van der Waals surface area (Å²) >= 11 is 4.29. The molecular formula is C20H31NS. The predicted octanol–water partition coefficient (Wildman–Crippen LogP) is 6.39. The Morgan fingerprint density at radius 1 is 1.23 bits per heavy atom. The zero-order valence-electron chi connectivity index (χ0n) is 14.2. The summed E-state index contributed by atoms with van der Waals surface area (Å²) in [5.74, 6) is 0.919. The molecule has 22 heavy (non-hydrogen) atoms. The van der Waals surface area contributed by atoms with E-state index in [1.54, 1.807) is 0 Å². The molecule has 1 aromatic carbocycles. The van der Waals surface area contributed by atoms with Gasteiger partial charge in [0.2, 0.25) is 0 Å². The summed E-state index contributed by atoms with van der Waals surface area (Å²) in [6.45, 7) is 9.78. The van der Waals surface area contributed by atoms with E-state index in [9.17, 15) is 0 Å². The maximum Gasteiger partial charge on any atom is 0.0340 e. The smallest absolute Gasteiger partial charge is 0.0340 e. The Balaban J connectivity index is 1.86. The maximum absolute atomic E-state index is 4.29. The van der Waals surface area contributed by atoms with E-state index in [1.165, 1.54) is 50.6 Å². The van der Waals surface area contributed by atoms with Gasteiger partial charge >= 0.3 is 0 Å². The Morgan fingerprint density at radius 3 is 2.41 bits per heavy atom. The first-order chi connectivity index (χ1) is 10.5. The fourth-order valence-corrected chi connectivity index (χ4v) is 3.89. The molecule has 2 rings (SSSR count). The Labute approximate surface area is 142 Å². The molecule has 0 heterocycles. The molecular weight excluding hydrogens is 286 g/mol. The molecule has 0 spiro atoms. The summed E-state index contributed by atoms with van der Waals surface area (Å²) in [5, 5.41) is 3.59. The fourth-order valence-electron chi connectivity index (χ4n) is 3.74. The van der Waals surface area contributed by atoms with Gasteiger partial charge in [0, 0.05) is 17.1 Å². The Bertz CT molecular complexity index is 473. The van der Waals surface area contributed by atoms with Crippen LogP contribution in [0.3, 0.4) is 0 Å². The van der Waals surface area contributed by atoms with Crippen LogP contribution in [0.4, 0.5) is 5.69 Å². The summed E-state index contributed by atoms with van der Waals surface area (Å²) < 4.78 is 0. The van der Waals surface area contributed by atoms with E-state index < -0.39 is 0 Å². The second-order valence-corrected chi connectivity index (χ2v) is 7.58. The van der Waals surface area contributed by atoms with E-state index in [2.05, 4.69) is 62.6 Å². The van der Waals surface area contributed by atoms with E-state index in [0.717, 1.165) is 22.9 Å². The summed E-state index contributed by atoms with van der Waals surface area (Å²) in [6.07, 6.45) is 9.72. The Kier molecular flexibility index (Phi) is 6.43. The largest absolute Gasteiger partial charge is 0.385 e. The molecule has 2 heteroatoms. The highest BCUT2D eigenvalue weighted by Crippen LogP contribution is 2.43. The SMILES string of the molecule is C=C(S)c1ccc(NCCC(C)(CC)C2CCCCC2)cc1. The average molecular weight is 318 g/mol. The first-order valence-corrected chi connectivity index (χ1v) is 9.22. The molecule has 0 saturated heterocycles. The van der Waals surface area contributed by atoms with Gasteiger partial charge < -0.3 is 5.32 Å². The van der Waals surface area contributed by atoms with Crippen molar-refractivity contribution < 1.29 is 0 Å². The topological polar surface area (TPSA) is 12.0 Å². The van der Waals surface area contributed by atoms with E-state index in [4.69, 9.17) is 0 Å². The standard InChI is InChI=1S/C20H31NS/c1-4-20(3,18-8-6-5-7-9-18)14-15-21-19-12-10-17(11-13-19)16(2)22/h10-13,18,21-22H,2,4-9,14-15H2,1,3H3. The van der Waals surface area contributed by atoms with Crippen LogP contribution >= 0.6 is 12.6 Å². The summed E-state index contributed by atoms with van der Waals surface area (Å²) in [5.41, 5.74) is 2.78. The lowest BCUT2D eigenvalue weighted by molar-refractivity contribution is 0.123. The number of rotatable bonds is 7. The molecule has 0 bridgehead atoms. The molecule has 0 radical (unpaired) electrons. The number of benzene rings is 1. The lowest BCUT2D eigenvalue weighted by atomic mass is 9.67. The second kappa shape index (κ2) is 8.10. The normalized spacial score (nSPS) is 18.7. The van der Waals surface area contributed by atoms with E-state index >= 15 is 0 Å². The Morgan fingerprint density at radius 2 is 1.86 bits per heavy atom. The molecule has 122 valence electrons. The quantitative estimate of drug-likeness (QED) is 0.556. The van der Waals surface area contributed by atoms with Crippen molar-refractivity contribution in [3.8, 4) is 0 Å². The van der Waals surface area contributed by atoms with Crippen molar-refractivity contribution in [2.24, 2.45) is 11.3 Å². The van der Waals surface area contributed by atoms with E-state index in [1.807, 2.05) is 0 Å². The maximum atomic E-state index is 4.29. The number of nitrogens with one attached hydrogen (secondary N) is 1. The summed E-state index contributed by atoms with van der Waals surface area (Å²) in [7, 11) is 0. The van der Waals surface area contributed by atoms with Crippen LogP contribution in [0.1, 0.15) is 64.4 Å². The van der Waals surface area contributed by atoms with Crippen LogP contribution in [0.2, 0.25) is 0 Å². The highest BCUT2D eigenvalue weighted by Gasteiger charge is 2.32. The van der Waals surface area contributed by atoms with Crippen LogP contribution in [0.5, 0.6) is 0 Å². The van der Waals surface area contributed by atoms with Crippen molar-refractivity contribution >= 4 is 23.2 Å². The first kappa shape index (κ1) is 17.5. The van der Waals surface area contributed by atoms with Crippen LogP contribution in [0, 0.1) is 11.3 Å². The zero-order chi connectivity index (χ0) is 16.0. The predicted molar refractivity (Wildman–Crippen MR) is 103 cm³/mol. The van der Waals surface area contributed by atoms with Crippen molar-refractivity contribution in [2.45, 2.75) is 58.8 Å². The summed E-state index contributed by atoms with van der Waals surface area (Å²) in [6, 6.07) is 8.41. The third-order valence-corrected chi connectivity index (χ3v) is 5.90. The molecule has 1 unspecified atom stereocenters. The molecule has 0 amide bonds. The zero-order valence-corrected chi connectivity index (χ0v) is 15.1. The van der Waals surface area contributed by atoms with Crippen molar-refractivity contribution in [3.05, 3.63) is 36.4 Å². The van der Waals surface area contributed by atoms with Gasteiger partial charge in [0.15, 0.2) is 0 Å². The minimum absolute atomic E-state index is 0.493. The van der Waals surface area contributed by atoms with Gasteiger partial charge in [-0.1, -0.05) is 58.2 Å². The first-order valence-electron chi connectivity index (χ1n) is 8.77. The van der Waals surface area contributed by atoms with Gasteiger partial charge in [-0.05, 0) is 48.3 Å². The molecule has 1 fully saturated rings. The third-order valence-electron chi connectivity index (χ3n) is 5.64. The number of anilines is 1. The van der Waals surface area contributed by atoms with Crippen LogP contribution in [0.15, 0.2) is 30.8 Å². The van der Waals surface area contributed by atoms with Gasteiger partial charge in [-0.25, -0.2) is 0 Å². The van der Waals surface area contributed by atoms with Crippen LogP contribution in [-0.4, -0.2) is 6.54 Å². The lowest BCUT2D eigenvalue weighted by Gasteiger charge is -2.39. The lowest BCUT2D eigenvalue weighted by Crippen LogP contribution is -2.30. The molecule has 0 aliphatic heterocycles. The van der Waals surface area contributed by atoms with Gasteiger partial charge in [-0.3, -0.25) is 0 Å². The molecule has 1 saturated carbocycles. The van der Waals surface area contributed by atoms with Crippen molar-refractivity contribution in [1.29, 1.82) is 0 Å². The van der Waals surface area contributed by atoms with E-state index in [0.29, 0.717) is 5.41 Å². The van der Waals surface area contributed by atoms with Crippen molar-refractivity contribution in [2.75, 3.05) is 11.9 Å². The molecule has 0 aromatic heterocycles. The van der Waals surface area contributed by atoms with Gasteiger partial charge in [0.05, 0.1) is 0 Å². The van der Waals surface area contributed by atoms with Gasteiger partial charge in [0.25, 0.3) is 0 Å². The number of thiol groups is 1. The van der Waals surface area contributed by atoms with Crippen LogP contribution in [0.25, 0.3) is 4.91 Å². The van der Waals surface area contributed by atoms with Crippen LogP contribution < -0.4 is 5.32 Å². The molecule has 1 atom stereocenters. The molecule has 1 N–H and O–H groups in total. The van der Waals surface area contributed by atoms with Gasteiger partial charge in [0.1, 0.15) is 0 Å². The highest BCUT2D eigenvalue weighted by atomic mass is 32.1. The van der Waals surface area contributed by atoms with E-state index in [-0.39, 0.29) is 0 Å². The van der Waals surface area contributed by atoms with Gasteiger partial charge in [-0.2, -0.15) is 0 Å². The molecule has 1 aliphatic rings. The Hall–Kier alpha value is -0.890. The number of hydrogen-bond donors (Lipinski definition) is 2. The molecule has 1 nitrogen and oxygen atoms in total. The minimum Gasteiger partial charge on any atom is -0.385 e. The third kappa shape index (κ3) is 4.55. The number of hydrogen-bond acceptors (Lipinski definition) is 2. The molecule has 1 aliphatic carbocycles. The van der Waals surface area contributed by atoms with Gasteiger partial charge in [-0.15, -0.1) is 12.6 Å². The van der Waals surface area contributed by atoms with Crippen LogP contribution in [-0.2, 0) is 0 Å². The molecule has 1 aromatic rings. The average Bonchev–Trinajstić information content (AvgIpc) is 2.56. The minimum atomic E-state index is 0.493. The second-order valence-electron chi connectivity index (χ2n) is 7.04.